The number of nitrogens with one attached hydrogen (secondary N) is 3. The molecule has 24 heavy (non-hydrogen) atoms. The molecule has 1 aliphatic rings. The zero-order valence-corrected chi connectivity index (χ0v) is 14.1. The van der Waals surface area contributed by atoms with Crippen molar-refractivity contribution < 1.29 is 17.4 Å². The maximum absolute atomic E-state index is 12.4. The topological polar surface area (TPSA) is 71.8 Å². The van der Waals surface area contributed by atoms with E-state index >= 15 is 0 Å². The van der Waals surface area contributed by atoms with Crippen LogP contribution in [0.1, 0.15) is 5.56 Å². The van der Waals surface area contributed by atoms with Gasteiger partial charge >= 0.3 is 0 Å². The van der Waals surface area contributed by atoms with E-state index in [0.717, 1.165) is 50.0 Å². The monoisotopic (exact) mass is 356 g/mol. The Balaban J connectivity index is 0.00000146. The minimum absolute atomic E-state index is 0. The first-order valence-electron chi connectivity index (χ1n) is 7.49. The first kappa shape index (κ1) is 15.1. The van der Waals surface area contributed by atoms with E-state index in [1.54, 1.807) is 6.20 Å². The van der Waals surface area contributed by atoms with Crippen LogP contribution in [0.25, 0.3) is 31.2 Å². The first-order chi connectivity index (χ1) is 11.3. The molecule has 0 bridgehead atoms. The van der Waals surface area contributed by atoms with Gasteiger partial charge in [0.1, 0.15) is 23.4 Å². The van der Waals surface area contributed by atoms with E-state index in [0.29, 0.717) is 5.65 Å². The molecule has 0 atom stereocenters. The zero-order chi connectivity index (χ0) is 15.4. The van der Waals surface area contributed by atoms with E-state index in [2.05, 4.69) is 38.5 Å². The highest BCUT2D eigenvalue weighted by Gasteiger charge is 2.18. The molecule has 120 valence electrons. The zero-order valence-electron chi connectivity index (χ0n) is 12.5. The van der Waals surface area contributed by atoms with Gasteiger partial charge < -0.3 is 17.4 Å². The highest BCUT2D eigenvalue weighted by molar-refractivity contribution is 7.25. The van der Waals surface area contributed by atoms with Gasteiger partial charge in [0, 0.05) is 27.1 Å². The fourth-order valence-corrected chi connectivity index (χ4v) is 4.28. The Kier molecular flexibility index (Phi) is 3.51. The summed E-state index contributed by atoms with van der Waals surface area (Å²) in [6, 6.07) is 10.2. The van der Waals surface area contributed by atoms with Crippen molar-refractivity contribution in [2.75, 3.05) is 13.1 Å². The average molecular weight is 357 g/mol. The molecule has 0 radical (unpaired) electrons. The van der Waals surface area contributed by atoms with E-state index in [1.165, 1.54) is 11.3 Å². The van der Waals surface area contributed by atoms with Crippen molar-refractivity contribution in [1.82, 2.24) is 15.3 Å². The lowest BCUT2D eigenvalue weighted by Gasteiger charge is -2.02. The van der Waals surface area contributed by atoms with Crippen molar-refractivity contribution in [2.24, 2.45) is 0 Å². The van der Waals surface area contributed by atoms with E-state index in [1.807, 2.05) is 12.1 Å². The van der Waals surface area contributed by atoms with Crippen molar-refractivity contribution in [3.8, 4) is 0 Å². The molecule has 1 aliphatic heterocycles. The van der Waals surface area contributed by atoms with Crippen LogP contribution in [-0.2, 0) is 0 Å². The lowest BCUT2D eigenvalue weighted by molar-refractivity contribution is -0.444. The minimum Gasteiger partial charge on any atom is -1.00 e. The Morgan fingerprint density at radius 1 is 1.21 bits per heavy atom. The molecule has 0 saturated heterocycles. The number of benzene rings is 1. The number of fused-ring (bicyclic) bond motifs is 5. The second-order valence-corrected chi connectivity index (χ2v) is 6.66. The van der Waals surface area contributed by atoms with E-state index in [9.17, 15) is 4.79 Å². The quantitative estimate of drug-likeness (QED) is 0.360. The average Bonchev–Trinajstić information content (AvgIpc) is 3.23. The molecule has 0 spiro atoms. The fraction of sp³-hybridized carbons (Fsp3) is 0.118. The number of hydrogen-bond donors (Lipinski definition) is 3. The van der Waals surface area contributed by atoms with Crippen molar-refractivity contribution in [3.63, 3.8) is 0 Å². The van der Waals surface area contributed by atoms with Crippen LogP contribution in [0.5, 0.6) is 0 Å². The summed E-state index contributed by atoms with van der Waals surface area (Å²) in [4.78, 5) is 23.1. The van der Waals surface area contributed by atoms with E-state index < -0.39 is 0 Å². The van der Waals surface area contributed by atoms with Crippen LogP contribution < -0.4 is 28.3 Å². The maximum Gasteiger partial charge on any atom is 0.276 e. The Bertz CT molecular complexity index is 1180. The van der Waals surface area contributed by atoms with Gasteiger partial charge in [0.2, 0.25) is 0 Å². The molecule has 1 aromatic carbocycles. The number of aromatic amines is 1. The molecule has 0 unspecified atom stereocenters. The number of rotatable bonds is 1. The summed E-state index contributed by atoms with van der Waals surface area (Å²) < 4.78 is 1.88. The molecule has 0 fully saturated rings. The van der Waals surface area contributed by atoms with Crippen LogP contribution in [0.2, 0.25) is 0 Å². The van der Waals surface area contributed by atoms with Crippen molar-refractivity contribution in [2.45, 2.75) is 0 Å². The van der Waals surface area contributed by atoms with Gasteiger partial charge in [-0.05, 0) is 12.1 Å². The van der Waals surface area contributed by atoms with Gasteiger partial charge in [-0.1, -0.05) is 18.2 Å². The third-order valence-corrected chi connectivity index (χ3v) is 5.38. The molecule has 0 aliphatic carbocycles. The van der Waals surface area contributed by atoms with Crippen LogP contribution >= 0.6 is 11.3 Å². The second kappa shape index (κ2) is 5.58. The Morgan fingerprint density at radius 2 is 2.08 bits per heavy atom. The summed E-state index contributed by atoms with van der Waals surface area (Å²) in [5.74, 6) is 0.998. The molecule has 4 heterocycles. The van der Waals surface area contributed by atoms with Crippen molar-refractivity contribution in [3.05, 3.63) is 52.4 Å². The molecule has 5 rings (SSSR count). The van der Waals surface area contributed by atoms with E-state index in [-0.39, 0.29) is 18.0 Å². The molecule has 4 aromatic rings. The molecule has 3 aromatic heterocycles. The van der Waals surface area contributed by atoms with Gasteiger partial charge in [0.25, 0.3) is 11.4 Å². The summed E-state index contributed by atoms with van der Waals surface area (Å²) in [5.41, 5.74) is 1.57. The Morgan fingerprint density at radius 3 is 2.92 bits per heavy atom. The molecule has 0 saturated carbocycles. The predicted octanol–water partition coefficient (Wildman–Crippen LogP) is -2.27. The molecular formula is C17H13ClN4OS. The number of H-pyrrole nitrogens is 1. The number of aromatic nitrogens is 2. The highest BCUT2D eigenvalue weighted by Crippen LogP contribution is 2.35. The second-order valence-electron chi connectivity index (χ2n) is 5.61. The first-order valence-corrected chi connectivity index (χ1v) is 8.31. The number of halogens is 1. The number of pyridine rings is 2. The molecule has 0 amide bonds. The summed E-state index contributed by atoms with van der Waals surface area (Å²) in [6.45, 7) is 1.82. The SMILES string of the molecule is O=c1[nH]c2ncc(C3=[NH+]CCN3)cc2c2c1sc1ccccc12.[Cl-]. The summed E-state index contributed by atoms with van der Waals surface area (Å²) in [5, 5.41) is 6.42. The molecular weight excluding hydrogens is 344 g/mol. The smallest absolute Gasteiger partial charge is 0.276 e. The standard InChI is InChI=1S/C17H12N4OS.ClH/c22-17-14-13(10-3-1-2-4-12(10)23-14)11-7-9(8-20-16(11)21-17)15-18-5-6-19-15;/h1-4,7-8H,5-6H2,(H,18,19)(H,20,21,22);1H. The Hall–Kier alpha value is -2.44. The van der Waals surface area contributed by atoms with Crippen LogP contribution in [0.3, 0.4) is 0 Å². The lowest BCUT2D eigenvalue weighted by atomic mass is 10.1. The van der Waals surface area contributed by atoms with E-state index in [4.69, 9.17) is 0 Å². The third kappa shape index (κ3) is 2.11. The molecule has 3 N–H and O–H groups in total. The number of thiophene rings is 1. The molecule has 7 heteroatoms. The maximum atomic E-state index is 12.4. The van der Waals surface area contributed by atoms with Crippen molar-refractivity contribution in [1.29, 1.82) is 0 Å². The van der Waals surface area contributed by atoms with Gasteiger partial charge in [-0.3, -0.25) is 15.1 Å². The number of hydrogen-bond acceptors (Lipinski definition) is 4. The van der Waals surface area contributed by atoms with Crippen LogP contribution in [-0.4, -0.2) is 28.9 Å². The fourth-order valence-electron chi connectivity index (χ4n) is 3.17. The van der Waals surface area contributed by atoms with Crippen LogP contribution in [0, 0.1) is 0 Å². The number of nitrogens with zero attached hydrogens (tertiary/aromatic N) is 1. The lowest BCUT2D eigenvalue weighted by Crippen LogP contribution is -3.00. The predicted molar refractivity (Wildman–Crippen MR) is 93.2 cm³/mol. The van der Waals surface area contributed by atoms with Crippen LogP contribution in [0.15, 0.2) is 41.3 Å². The van der Waals surface area contributed by atoms with Gasteiger partial charge in [-0.25, -0.2) is 4.98 Å². The third-order valence-electron chi connectivity index (χ3n) is 4.21. The molecule has 5 nitrogen and oxygen atoms in total. The Labute approximate surface area is 146 Å². The van der Waals surface area contributed by atoms with Crippen LogP contribution in [0.4, 0.5) is 0 Å². The minimum atomic E-state index is -0.0706. The number of amidine groups is 1. The van der Waals surface area contributed by atoms with Gasteiger partial charge in [-0.15, -0.1) is 11.3 Å². The van der Waals surface area contributed by atoms with Gasteiger partial charge in [0.15, 0.2) is 0 Å². The van der Waals surface area contributed by atoms with Gasteiger partial charge in [0.05, 0.1) is 5.56 Å². The highest BCUT2D eigenvalue weighted by atomic mass is 35.5. The van der Waals surface area contributed by atoms with Crippen molar-refractivity contribution >= 4 is 48.4 Å². The summed E-state index contributed by atoms with van der Waals surface area (Å²) in [6.07, 6.45) is 1.79. The largest absolute Gasteiger partial charge is 1.00 e. The summed E-state index contributed by atoms with van der Waals surface area (Å²) >= 11 is 1.53. The van der Waals surface area contributed by atoms with Gasteiger partial charge in [-0.2, -0.15) is 0 Å². The summed E-state index contributed by atoms with van der Waals surface area (Å²) in [7, 11) is 0. The normalized spacial score (nSPS) is 13.9.